The molecule has 0 amide bonds. The number of hydrogen-bond acceptors (Lipinski definition) is 8. The molecule has 11 heteroatoms. The average molecular weight is 605 g/mol. The van der Waals surface area contributed by atoms with Crippen LogP contribution in [0.5, 0.6) is 0 Å². The number of piperidine rings is 1. The molecule has 0 saturated carbocycles. The molecule has 0 radical (unpaired) electrons. The van der Waals surface area contributed by atoms with Crippen LogP contribution in [0.1, 0.15) is 40.5 Å². The third-order valence-corrected chi connectivity index (χ3v) is 9.84. The van der Waals surface area contributed by atoms with Gasteiger partial charge in [-0.15, -0.1) is 0 Å². The van der Waals surface area contributed by atoms with Crippen LogP contribution < -0.4 is 15.5 Å². The van der Waals surface area contributed by atoms with Crippen molar-refractivity contribution in [3.05, 3.63) is 47.7 Å². The lowest BCUT2D eigenvalue weighted by molar-refractivity contribution is -0.00765. The largest absolute Gasteiger partial charge is 0.379 e. The number of aromatic nitrogens is 5. The Balaban J connectivity index is 1.10. The van der Waals surface area contributed by atoms with Gasteiger partial charge in [-0.1, -0.05) is 11.6 Å². The molecule has 0 spiro atoms. The van der Waals surface area contributed by atoms with Crippen LogP contribution in [-0.4, -0.2) is 98.0 Å². The molecule has 3 aromatic heterocycles. The van der Waals surface area contributed by atoms with E-state index in [0.717, 1.165) is 86.2 Å². The first-order valence-corrected chi connectivity index (χ1v) is 15.7. The monoisotopic (exact) mass is 604 g/mol. The smallest absolute Gasteiger partial charge is 0.159 e. The second kappa shape index (κ2) is 11.6. The van der Waals surface area contributed by atoms with Gasteiger partial charge in [0.25, 0.3) is 0 Å². The summed E-state index contributed by atoms with van der Waals surface area (Å²) in [5.41, 5.74) is 4.80. The van der Waals surface area contributed by atoms with E-state index < -0.39 is 0 Å². The van der Waals surface area contributed by atoms with Gasteiger partial charge in [-0.2, -0.15) is 5.10 Å². The molecule has 2 saturated heterocycles. The van der Waals surface area contributed by atoms with Crippen LogP contribution in [0.15, 0.2) is 42.7 Å². The van der Waals surface area contributed by atoms with Gasteiger partial charge in [0.05, 0.1) is 23.1 Å². The van der Waals surface area contributed by atoms with Crippen molar-refractivity contribution >= 4 is 40.0 Å². The summed E-state index contributed by atoms with van der Waals surface area (Å²) in [6.45, 7) is 15.3. The third-order valence-electron chi connectivity index (χ3n) is 9.56. The zero-order valence-corrected chi connectivity index (χ0v) is 27.0. The number of likely N-dealkylation sites (tertiary alicyclic amines) is 1. The SMILES string of the molecule is CN1C(C)(C)CC(Nc2c(Cl)cnc3[nH]c(-c4ccc(N5CCN(CCNc6ccnn6C)CC5)cc4)nc23)CC1(C)C. The predicted octanol–water partition coefficient (Wildman–Crippen LogP) is 5.31. The van der Waals surface area contributed by atoms with Crippen LogP contribution in [0, 0.1) is 0 Å². The second-order valence-corrected chi connectivity index (χ2v) is 13.7. The van der Waals surface area contributed by atoms with Gasteiger partial charge < -0.3 is 20.5 Å². The molecule has 230 valence electrons. The molecule has 0 atom stereocenters. The molecule has 2 aliphatic heterocycles. The van der Waals surface area contributed by atoms with Gasteiger partial charge in [0.15, 0.2) is 5.65 Å². The van der Waals surface area contributed by atoms with E-state index in [1.807, 2.05) is 24.0 Å². The summed E-state index contributed by atoms with van der Waals surface area (Å²) in [6, 6.07) is 11.0. The lowest BCUT2D eigenvalue weighted by atomic mass is 9.77. The Kier molecular flexibility index (Phi) is 8.04. The molecule has 6 rings (SSSR count). The number of rotatable bonds is 8. The number of anilines is 3. The van der Waals surface area contributed by atoms with E-state index in [-0.39, 0.29) is 17.1 Å². The average Bonchev–Trinajstić information content (AvgIpc) is 3.60. The molecule has 2 aliphatic rings. The summed E-state index contributed by atoms with van der Waals surface area (Å²) < 4.78 is 1.87. The summed E-state index contributed by atoms with van der Waals surface area (Å²) in [5.74, 6) is 1.86. The molecule has 4 aromatic rings. The Labute approximate surface area is 259 Å². The van der Waals surface area contributed by atoms with Gasteiger partial charge in [0.2, 0.25) is 0 Å². The minimum atomic E-state index is 0.0700. The van der Waals surface area contributed by atoms with Crippen molar-refractivity contribution in [3.63, 3.8) is 0 Å². The molecule has 1 aromatic carbocycles. The van der Waals surface area contributed by atoms with Gasteiger partial charge in [0.1, 0.15) is 17.2 Å². The maximum absolute atomic E-state index is 6.72. The summed E-state index contributed by atoms with van der Waals surface area (Å²) in [7, 11) is 4.18. The van der Waals surface area contributed by atoms with E-state index in [9.17, 15) is 0 Å². The Morgan fingerprint density at radius 3 is 2.33 bits per heavy atom. The van der Waals surface area contributed by atoms with Crippen molar-refractivity contribution in [2.24, 2.45) is 7.05 Å². The summed E-state index contributed by atoms with van der Waals surface area (Å²) in [6.07, 6.45) is 5.57. The maximum atomic E-state index is 6.72. The lowest BCUT2D eigenvalue weighted by Crippen LogP contribution is -2.61. The summed E-state index contributed by atoms with van der Waals surface area (Å²) >= 11 is 6.72. The van der Waals surface area contributed by atoms with E-state index in [1.165, 1.54) is 5.69 Å². The highest BCUT2D eigenvalue weighted by Crippen LogP contribution is 2.40. The number of imidazole rings is 1. The number of aryl methyl sites for hydroxylation is 1. The Morgan fingerprint density at radius 1 is 0.977 bits per heavy atom. The number of benzene rings is 1. The Morgan fingerprint density at radius 2 is 1.67 bits per heavy atom. The van der Waals surface area contributed by atoms with Crippen molar-refractivity contribution in [2.75, 3.05) is 61.8 Å². The quantitative estimate of drug-likeness (QED) is 0.249. The Bertz CT molecular complexity index is 1530. The zero-order chi connectivity index (χ0) is 30.4. The summed E-state index contributed by atoms with van der Waals surface area (Å²) in [5, 5.41) is 12.1. The first-order valence-electron chi connectivity index (χ1n) is 15.3. The standard InChI is InChI=1S/C32H45ClN10/c1-31(2)19-23(20-32(3,4)41(31)6)37-27-25(33)21-35-30-28(27)38-29(39-30)22-7-9-24(10-8-22)43-17-15-42(16-18-43)14-13-34-26-11-12-36-40(26)5/h7-12,21,23,34H,13-20H2,1-6H3,(H2,35,37,38,39). The fourth-order valence-electron chi connectivity index (χ4n) is 6.83. The molecular formula is C32H45ClN10. The molecule has 0 unspecified atom stereocenters. The molecular weight excluding hydrogens is 560 g/mol. The van der Waals surface area contributed by atoms with E-state index in [4.69, 9.17) is 16.6 Å². The van der Waals surface area contributed by atoms with Gasteiger partial charge in [-0.25, -0.2) is 9.97 Å². The zero-order valence-electron chi connectivity index (χ0n) is 26.3. The number of H-pyrrole nitrogens is 1. The van der Waals surface area contributed by atoms with Crippen molar-refractivity contribution < 1.29 is 0 Å². The van der Waals surface area contributed by atoms with Crippen LogP contribution in [0.2, 0.25) is 5.02 Å². The number of piperazine rings is 1. The first kappa shape index (κ1) is 29.7. The second-order valence-electron chi connectivity index (χ2n) is 13.3. The topological polar surface area (TPSA) is 93.2 Å². The molecule has 0 aliphatic carbocycles. The molecule has 5 heterocycles. The number of aromatic amines is 1. The van der Waals surface area contributed by atoms with E-state index in [2.05, 4.69) is 99.4 Å². The molecule has 43 heavy (non-hydrogen) atoms. The van der Waals surface area contributed by atoms with Gasteiger partial charge in [-0.3, -0.25) is 14.5 Å². The van der Waals surface area contributed by atoms with E-state index >= 15 is 0 Å². The maximum Gasteiger partial charge on any atom is 0.159 e. The van der Waals surface area contributed by atoms with E-state index in [1.54, 1.807) is 6.20 Å². The van der Waals surface area contributed by atoms with Crippen molar-refractivity contribution in [3.8, 4) is 11.4 Å². The van der Waals surface area contributed by atoms with Crippen LogP contribution in [-0.2, 0) is 7.05 Å². The van der Waals surface area contributed by atoms with Crippen molar-refractivity contribution in [1.82, 2.24) is 34.5 Å². The highest BCUT2D eigenvalue weighted by molar-refractivity contribution is 6.34. The predicted molar refractivity (Wildman–Crippen MR) is 177 cm³/mol. The highest BCUT2D eigenvalue weighted by Gasteiger charge is 2.43. The van der Waals surface area contributed by atoms with Crippen LogP contribution >= 0.6 is 11.6 Å². The molecule has 3 N–H and O–H groups in total. The number of pyridine rings is 1. The van der Waals surface area contributed by atoms with Gasteiger partial charge in [-0.05, 0) is 71.8 Å². The minimum Gasteiger partial charge on any atom is -0.379 e. The number of nitrogens with one attached hydrogen (secondary N) is 3. The first-order chi connectivity index (χ1) is 20.5. The van der Waals surface area contributed by atoms with Gasteiger partial charge in [0, 0.05) is 80.8 Å². The van der Waals surface area contributed by atoms with Crippen LogP contribution in [0.25, 0.3) is 22.6 Å². The lowest BCUT2D eigenvalue weighted by Gasteiger charge is -2.54. The fraction of sp³-hybridized carbons (Fsp3) is 0.531. The highest BCUT2D eigenvalue weighted by atomic mass is 35.5. The Hall–Kier alpha value is -3.34. The number of nitrogens with zero attached hydrogens (tertiary/aromatic N) is 7. The normalized spacial score (nSPS) is 19.7. The number of fused-ring (bicyclic) bond motifs is 1. The van der Waals surface area contributed by atoms with Crippen molar-refractivity contribution in [2.45, 2.75) is 57.7 Å². The molecule has 10 nitrogen and oxygen atoms in total. The van der Waals surface area contributed by atoms with E-state index in [0.29, 0.717) is 5.02 Å². The fourth-order valence-corrected chi connectivity index (χ4v) is 7.02. The van der Waals surface area contributed by atoms with Gasteiger partial charge >= 0.3 is 0 Å². The molecule has 2 fully saturated rings. The van der Waals surface area contributed by atoms with Crippen LogP contribution in [0.4, 0.5) is 17.2 Å². The number of halogens is 1. The van der Waals surface area contributed by atoms with Crippen LogP contribution in [0.3, 0.4) is 0 Å². The third kappa shape index (κ3) is 6.18. The molecule has 0 bridgehead atoms. The minimum absolute atomic E-state index is 0.0700. The number of hydrogen-bond donors (Lipinski definition) is 3. The van der Waals surface area contributed by atoms with Crippen molar-refractivity contribution in [1.29, 1.82) is 0 Å². The summed E-state index contributed by atoms with van der Waals surface area (Å²) in [4.78, 5) is 20.5.